The molecule has 0 aliphatic carbocycles. The molecule has 1 N–H and O–H groups in total. The van der Waals surface area contributed by atoms with Crippen molar-refractivity contribution < 1.29 is 17.6 Å². The molecule has 0 radical (unpaired) electrons. The van der Waals surface area contributed by atoms with Gasteiger partial charge in [0.15, 0.2) is 0 Å². The first-order valence-electron chi connectivity index (χ1n) is 9.60. The van der Waals surface area contributed by atoms with Gasteiger partial charge in [0, 0.05) is 25.2 Å². The van der Waals surface area contributed by atoms with Crippen LogP contribution in [0.4, 0.5) is 0 Å². The van der Waals surface area contributed by atoms with E-state index >= 15 is 0 Å². The SMILES string of the molecule is CC(C)CCNC(=O)c1nnc(-c2ccc(S(=O)(=O)N3CCCCC3)cc2)o1. The zero-order chi connectivity index (χ0) is 20.1. The molecule has 1 amide bonds. The van der Waals surface area contributed by atoms with Crippen LogP contribution in [0.25, 0.3) is 11.5 Å². The molecule has 1 aliphatic rings. The van der Waals surface area contributed by atoms with Crippen LogP contribution < -0.4 is 5.32 Å². The fraction of sp³-hybridized carbons (Fsp3) is 0.526. The van der Waals surface area contributed by atoms with Gasteiger partial charge in [0.1, 0.15) is 0 Å². The molecule has 0 bridgehead atoms. The van der Waals surface area contributed by atoms with Gasteiger partial charge >= 0.3 is 11.8 Å². The molecular formula is C19H26N4O4S. The normalized spacial score (nSPS) is 15.7. The second-order valence-electron chi connectivity index (χ2n) is 7.34. The quantitative estimate of drug-likeness (QED) is 0.758. The van der Waals surface area contributed by atoms with E-state index in [2.05, 4.69) is 29.4 Å². The van der Waals surface area contributed by atoms with E-state index in [9.17, 15) is 13.2 Å². The highest BCUT2D eigenvalue weighted by Crippen LogP contribution is 2.24. The van der Waals surface area contributed by atoms with Crippen molar-refractivity contribution in [3.05, 3.63) is 30.2 Å². The molecule has 2 heterocycles. The third kappa shape index (κ3) is 4.77. The number of benzene rings is 1. The highest BCUT2D eigenvalue weighted by Gasteiger charge is 2.26. The number of sulfonamides is 1. The molecule has 0 atom stereocenters. The lowest BCUT2D eigenvalue weighted by Crippen LogP contribution is -2.35. The predicted octanol–water partition coefficient (Wildman–Crippen LogP) is 2.69. The Bertz CT molecular complexity index is 900. The van der Waals surface area contributed by atoms with Crippen LogP contribution in [0.15, 0.2) is 33.6 Å². The molecule has 152 valence electrons. The third-order valence-corrected chi connectivity index (χ3v) is 6.59. The van der Waals surface area contributed by atoms with Crippen LogP contribution in [0, 0.1) is 5.92 Å². The van der Waals surface area contributed by atoms with E-state index in [0.717, 1.165) is 25.7 Å². The van der Waals surface area contributed by atoms with Crippen molar-refractivity contribution in [1.82, 2.24) is 19.8 Å². The molecule has 1 aromatic carbocycles. The molecule has 28 heavy (non-hydrogen) atoms. The summed E-state index contributed by atoms with van der Waals surface area (Å²) >= 11 is 0. The predicted molar refractivity (Wildman–Crippen MR) is 104 cm³/mol. The zero-order valence-electron chi connectivity index (χ0n) is 16.2. The van der Waals surface area contributed by atoms with Gasteiger partial charge in [-0.1, -0.05) is 20.3 Å². The van der Waals surface area contributed by atoms with Gasteiger partial charge in [0.25, 0.3) is 0 Å². The highest BCUT2D eigenvalue weighted by molar-refractivity contribution is 7.89. The van der Waals surface area contributed by atoms with Gasteiger partial charge in [-0.15, -0.1) is 10.2 Å². The van der Waals surface area contributed by atoms with Crippen LogP contribution in [0.1, 0.15) is 50.2 Å². The smallest absolute Gasteiger partial charge is 0.308 e. The fourth-order valence-electron chi connectivity index (χ4n) is 3.01. The summed E-state index contributed by atoms with van der Waals surface area (Å²) in [5.74, 6) is 0.140. The molecule has 0 spiro atoms. The maximum absolute atomic E-state index is 12.7. The lowest BCUT2D eigenvalue weighted by molar-refractivity contribution is 0.0918. The van der Waals surface area contributed by atoms with Crippen LogP contribution in [0.2, 0.25) is 0 Å². The molecule has 1 fully saturated rings. The second kappa shape index (κ2) is 8.83. The van der Waals surface area contributed by atoms with Crippen molar-refractivity contribution in [2.24, 2.45) is 5.92 Å². The first kappa shape index (κ1) is 20.5. The topological polar surface area (TPSA) is 105 Å². The average molecular weight is 407 g/mol. The van der Waals surface area contributed by atoms with Crippen molar-refractivity contribution in [2.75, 3.05) is 19.6 Å². The summed E-state index contributed by atoms with van der Waals surface area (Å²) in [6.45, 7) is 5.81. The standard InChI is InChI=1S/C19H26N4O4S/c1-14(2)10-11-20-17(24)19-22-21-18(27-19)15-6-8-16(9-7-15)28(25,26)23-12-4-3-5-13-23/h6-9,14H,3-5,10-13H2,1-2H3,(H,20,24). The van der Waals surface area contributed by atoms with Gasteiger partial charge in [-0.05, 0) is 49.4 Å². The summed E-state index contributed by atoms with van der Waals surface area (Å²) in [7, 11) is -3.48. The maximum Gasteiger partial charge on any atom is 0.308 e. The molecule has 1 aromatic heterocycles. The van der Waals surface area contributed by atoms with E-state index in [-0.39, 0.29) is 16.7 Å². The van der Waals surface area contributed by atoms with Crippen LogP contribution in [-0.4, -0.2) is 48.5 Å². The number of piperidine rings is 1. The average Bonchev–Trinajstić information content (AvgIpc) is 3.19. The minimum Gasteiger partial charge on any atom is -0.412 e. The Kier molecular flexibility index (Phi) is 6.46. The van der Waals surface area contributed by atoms with Crippen LogP contribution in [-0.2, 0) is 10.0 Å². The van der Waals surface area contributed by atoms with Gasteiger partial charge in [0.05, 0.1) is 4.90 Å². The summed E-state index contributed by atoms with van der Waals surface area (Å²) in [6.07, 6.45) is 3.71. The molecule has 9 heteroatoms. The van der Waals surface area contributed by atoms with Gasteiger partial charge in [-0.2, -0.15) is 4.31 Å². The van der Waals surface area contributed by atoms with E-state index in [0.29, 0.717) is 31.1 Å². The van der Waals surface area contributed by atoms with E-state index in [4.69, 9.17) is 4.42 Å². The van der Waals surface area contributed by atoms with Crippen molar-refractivity contribution in [3.63, 3.8) is 0 Å². The molecule has 1 aliphatic heterocycles. The Labute approximate surface area is 165 Å². The third-order valence-electron chi connectivity index (χ3n) is 4.68. The van der Waals surface area contributed by atoms with Crippen LogP contribution >= 0.6 is 0 Å². The number of hydrogen-bond donors (Lipinski definition) is 1. The first-order valence-corrected chi connectivity index (χ1v) is 11.0. The number of amides is 1. The molecule has 3 rings (SSSR count). The van der Waals surface area contributed by atoms with Gasteiger partial charge in [0.2, 0.25) is 15.9 Å². The van der Waals surface area contributed by atoms with Crippen molar-refractivity contribution in [3.8, 4) is 11.5 Å². The number of carbonyl (C=O) groups is 1. The van der Waals surface area contributed by atoms with E-state index in [1.807, 2.05) is 0 Å². The number of hydrogen-bond acceptors (Lipinski definition) is 6. The van der Waals surface area contributed by atoms with Gasteiger partial charge < -0.3 is 9.73 Å². The monoisotopic (exact) mass is 406 g/mol. The van der Waals surface area contributed by atoms with E-state index in [1.54, 1.807) is 12.1 Å². The molecular weight excluding hydrogens is 380 g/mol. The van der Waals surface area contributed by atoms with Crippen molar-refractivity contribution in [2.45, 2.75) is 44.4 Å². The Hall–Kier alpha value is -2.26. The number of nitrogens with one attached hydrogen (secondary N) is 1. The summed E-state index contributed by atoms with van der Waals surface area (Å²) in [6, 6.07) is 6.30. The molecule has 0 saturated carbocycles. The molecule has 8 nitrogen and oxygen atoms in total. The summed E-state index contributed by atoms with van der Waals surface area (Å²) in [5.41, 5.74) is 0.561. The Morgan fingerprint density at radius 3 is 2.46 bits per heavy atom. The largest absolute Gasteiger partial charge is 0.412 e. The molecule has 1 saturated heterocycles. The summed E-state index contributed by atoms with van der Waals surface area (Å²) in [4.78, 5) is 12.3. The van der Waals surface area contributed by atoms with E-state index in [1.165, 1.54) is 16.4 Å². The maximum atomic E-state index is 12.7. The second-order valence-corrected chi connectivity index (χ2v) is 9.28. The van der Waals surface area contributed by atoms with Gasteiger partial charge in [-0.3, -0.25) is 4.79 Å². The van der Waals surface area contributed by atoms with Crippen molar-refractivity contribution in [1.29, 1.82) is 0 Å². The molecule has 2 aromatic rings. The lowest BCUT2D eigenvalue weighted by atomic mass is 10.1. The minimum atomic E-state index is -3.48. The number of rotatable bonds is 7. The Morgan fingerprint density at radius 2 is 1.82 bits per heavy atom. The number of carbonyl (C=O) groups excluding carboxylic acids is 1. The zero-order valence-corrected chi connectivity index (χ0v) is 17.0. The van der Waals surface area contributed by atoms with Crippen LogP contribution in [0.3, 0.4) is 0 Å². The number of nitrogens with zero attached hydrogens (tertiary/aromatic N) is 3. The van der Waals surface area contributed by atoms with Crippen LogP contribution in [0.5, 0.6) is 0 Å². The highest BCUT2D eigenvalue weighted by atomic mass is 32.2. The lowest BCUT2D eigenvalue weighted by Gasteiger charge is -2.25. The summed E-state index contributed by atoms with van der Waals surface area (Å²) < 4.78 is 32.4. The fourth-order valence-corrected chi connectivity index (χ4v) is 4.52. The molecule has 0 unspecified atom stereocenters. The van der Waals surface area contributed by atoms with Crippen molar-refractivity contribution >= 4 is 15.9 Å². The Morgan fingerprint density at radius 1 is 1.14 bits per heavy atom. The Balaban J connectivity index is 1.68. The minimum absolute atomic E-state index is 0.108. The summed E-state index contributed by atoms with van der Waals surface area (Å²) in [5, 5.41) is 10.4. The first-order chi connectivity index (χ1) is 13.4. The van der Waals surface area contributed by atoms with Gasteiger partial charge in [-0.25, -0.2) is 8.42 Å². The number of aromatic nitrogens is 2. The van der Waals surface area contributed by atoms with E-state index < -0.39 is 15.9 Å².